The number of fused-ring (bicyclic) bond motifs is 7. The van der Waals surface area contributed by atoms with Gasteiger partial charge in [-0.25, -0.2) is 4.98 Å². The van der Waals surface area contributed by atoms with Crippen molar-refractivity contribution in [3.8, 4) is 39.4 Å². The van der Waals surface area contributed by atoms with Gasteiger partial charge in [0.1, 0.15) is 5.52 Å². The van der Waals surface area contributed by atoms with Gasteiger partial charge in [-0.2, -0.15) is 0 Å². The van der Waals surface area contributed by atoms with Crippen molar-refractivity contribution < 1.29 is 4.42 Å². The standard InChI is InChI=1S/C57H37N3O/c1-3-13-41(14-4-1)57-58-53-35-34-49-48(19-11-20-52(49)56(53)61-57)40-26-30-46(31-27-40)59(45-28-24-39(25-29-45)43-23-22-38-12-7-8-15-42(38)36-43)47-32-33-51-50-18-9-10-21-54(50)60(55(51)37-47)44-16-5-2-6-17-44/h1-37H. The van der Waals surface area contributed by atoms with Crippen LogP contribution in [0, 0.1) is 0 Å². The first-order chi connectivity index (χ1) is 30.2. The molecule has 0 N–H and O–H groups in total. The zero-order valence-corrected chi connectivity index (χ0v) is 33.1. The molecule has 61 heavy (non-hydrogen) atoms. The summed E-state index contributed by atoms with van der Waals surface area (Å²) in [5.74, 6) is 0.630. The van der Waals surface area contributed by atoms with E-state index in [4.69, 9.17) is 9.40 Å². The number of hydrogen-bond donors (Lipinski definition) is 0. The van der Waals surface area contributed by atoms with Gasteiger partial charge >= 0.3 is 0 Å². The molecule has 0 saturated heterocycles. The lowest BCUT2D eigenvalue weighted by molar-refractivity contribution is 0.623. The van der Waals surface area contributed by atoms with Crippen molar-refractivity contribution in [2.45, 2.75) is 0 Å². The number of rotatable bonds is 7. The van der Waals surface area contributed by atoms with Gasteiger partial charge in [0.05, 0.1) is 11.0 Å². The summed E-state index contributed by atoms with van der Waals surface area (Å²) in [6.07, 6.45) is 0. The van der Waals surface area contributed by atoms with Crippen molar-refractivity contribution in [3.63, 3.8) is 0 Å². The van der Waals surface area contributed by atoms with E-state index < -0.39 is 0 Å². The average Bonchev–Trinajstić information content (AvgIpc) is 3.92. The van der Waals surface area contributed by atoms with Gasteiger partial charge in [-0.3, -0.25) is 0 Å². The van der Waals surface area contributed by atoms with Crippen LogP contribution in [-0.2, 0) is 0 Å². The Labute approximate surface area is 352 Å². The first kappa shape index (κ1) is 34.8. The molecular weight excluding hydrogens is 743 g/mol. The van der Waals surface area contributed by atoms with Crippen LogP contribution < -0.4 is 4.90 Å². The van der Waals surface area contributed by atoms with E-state index >= 15 is 0 Å². The Morgan fingerprint density at radius 3 is 1.80 bits per heavy atom. The minimum absolute atomic E-state index is 0.630. The first-order valence-electron chi connectivity index (χ1n) is 20.7. The van der Waals surface area contributed by atoms with Gasteiger partial charge in [0.15, 0.2) is 5.58 Å². The smallest absolute Gasteiger partial charge is 0.227 e. The normalized spacial score (nSPS) is 11.6. The Balaban J connectivity index is 0.984. The molecule has 0 fully saturated rings. The second-order valence-corrected chi connectivity index (χ2v) is 15.6. The lowest BCUT2D eigenvalue weighted by Crippen LogP contribution is -2.10. The van der Waals surface area contributed by atoms with Gasteiger partial charge in [-0.05, 0) is 117 Å². The fraction of sp³-hybridized carbons (Fsp3) is 0. The van der Waals surface area contributed by atoms with Gasteiger partial charge in [-0.15, -0.1) is 0 Å². The highest BCUT2D eigenvalue weighted by atomic mass is 16.3. The van der Waals surface area contributed by atoms with Crippen LogP contribution >= 0.6 is 0 Å². The summed E-state index contributed by atoms with van der Waals surface area (Å²) in [7, 11) is 0. The van der Waals surface area contributed by atoms with Crippen molar-refractivity contribution in [2.24, 2.45) is 0 Å². The van der Waals surface area contributed by atoms with Crippen LogP contribution in [-0.4, -0.2) is 9.55 Å². The van der Waals surface area contributed by atoms with Crippen LogP contribution in [0.3, 0.4) is 0 Å². The number of anilines is 3. The largest absolute Gasteiger partial charge is 0.435 e. The van der Waals surface area contributed by atoms with Crippen molar-refractivity contribution in [2.75, 3.05) is 4.90 Å². The van der Waals surface area contributed by atoms with E-state index in [2.05, 4.69) is 204 Å². The summed E-state index contributed by atoms with van der Waals surface area (Å²) >= 11 is 0. The van der Waals surface area contributed by atoms with Crippen LogP contribution in [0.5, 0.6) is 0 Å². The van der Waals surface area contributed by atoms with Crippen molar-refractivity contribution in [1.29, 1.82) is 0 Å². The number of benzene rings is 10. The zero-order valence-electron chi connectivity index (χ0n) is 33.1. The van der Waals surface area contributed by atoms with Crippen molar-refractivity contribution >= 4 is 71.5 Å². The van der Waals surface area contributed by atoms with Gasteiger partial charge in [0, 0.05) is 44.5 Å². The lowest BCUT2D eigenvalue weighted by atomic mass is 9.97. The molecular formula is C57H37N3O. The van der Waals surface area contributed by atoms with Gasteiger partial charge in [-0.1, -0.05) is 146 Å². The Hall–Kier alpha value is -8.21. The van der Waals surface area contributed by atoms with Crippen LogP contribution in [0.4, 0.5) is 17.1 Å². The Bertz CT molecular complexity index is 3570. The first-order valence-corrected chi connectivity index (χ1v) is 20.7. The summed E-state index contributed by atoms with van der Waals surface area (Å²) in [5, 5.41) is 7.10. The predicted molar refractivity (Wildman–Crippen MR) is 254 cm³/mol. The molecule has 12 aromatic rings. The van der Waals surface area contributed by atoms with E-state index in [1.54, 1.807) is 0 Å². The molecule has 0 unspecified atom stereocenters. The molecule has 2 aromatic heterocycles. The van der Waals surface area contributed by atoms with E-state index in [0.717, 1.165) is 66.8 Å². The van der Waals surface area contributed by atoms with Crippen LogP contribution in [0.1, 0.15) is 0 Å². The third-order valence-electron chi connectivity index (χ3n) is 12.0. The zero-order chi connectivity index (χ0) is 40.3. The molecule has 0 aliphatic rings. The minimum atomic E-state index is 0.630. The summed E-state index contributed by atoms with van der Waals surface area (Å²) in [4.78, 5) is 7.21. The van der Waals surface area contributed by atoms with Crippen LogP contribution in [0.15, 0.2) is 229 Å². The van der Waals surface area contributed by atoms with E-state index in [0.29, 0.717) is 5.89 Å². The van der Waals surface area contributed by atoms with E-state index in [9.17, 15) is 0 Å². The second-order valence-electron chi connectivity index (χ2n) is 15.6. The fourth-order valence-corrected chi connectivity index (χ4v) is 9.06. The van der Waals surface area contributed by atoms with Crippen molar-refractivity contribution in [1.82, 2.24) is 9.55 Å². The molecule has 10 aromatic carbocycles. The SMILES string of the molecule is c1ccc(-c2nc3ccc4c(-c5ccc(N(c6ccc(-c7ccc8ccccc8c7)cc6)c6ccc7c8ccccc8n(-c8ccccc8)c7c6)cc5)cccc4c3o2)cc1. The molecule has 0 saturated carbocycles. The quantitative estimate of drug-likeness (QED) is 0.162. The highest BCUT2D eigenvalue weighted by Gasteiger charge is 2.19. The molecule has 0 radical (unpaired) electrons. The van der Waals surface area contributed by atoms with Crippen LogP contribution in [0.25, 0.3) is 93.8 Å². The number of nitrogens with zero attached hydrogens (tertiary/aromatic N) is 3. The Morgan fingerprint density at radius 1 is 0.377 bits per heavy atom. The third kappa shape index (κ3) is 5.96. The summed E-state index contributed by atoms with van der Waals surface area (Å²) in [6.45, 7) is 0. The summed E-state index contributed by atoms with van der Waals surface area (Å²) in [5.41, 5.74) is 14.0. The fourth-order valence-electron chi connectivity index (χ4n) is 9.06. The molecule has 0 aliphatic heterocycles. The van der Waals surface area contributed by atoms with Gasteiger partial charge in [0.25, 0.3) is 0 Å². The topological polar surface area (TPSA) is 34.2 Å². The number of para-hydroxylation sites is 2. The van der Waals surface area contributed by atoms with Crippen LogP contribution in [0.2, 0.25) is 0 Å². The molecule has 0 atom stereocenters. The number of aromatic nitrogens is 2. The maximum atomic E-state index is 6.43. The lowest BCUT2D eigenvalue weighted by Gasteiger charge is -2.26. The third-order valence-corrected chi connectivity index (χ3v) is 12.0. The molecule has 4 nitrogen and oxygen atoms in total. The second kappa shape index (κ2) is 14.3. The van der Waals surface area contributed by atoms with E-state index in [-0.39, 0.29) is 0 Å². The molecule has 4 heteroatoms. The average molecular weight is 780 g/mol. The minimum Gasteiger partial charge on any atom is -0.435 e. The highest BCUT2D eigenvalue weighted by molar-refractivity contribution is 6.11. The monoisotopic (exact) mass is 779 g/mol. The van der Waals surface area contributed by atoms with Crippen molar-refractivity contribution in [3.05, 3.63) is 224 Å². The highest BCUT2D eigenvalue weighted by Crippen LogP contribution is 2.42. The summed E-state index contributed by atoms with van der Waals surface area (Å²) < 4.78 is 8.81. The van der Waals surface area contributed by atoms with Gasteiger partial charge < -0.3 is 13.9 Å². The Morgan fingerprint density at radius 2 is 1.00 bits per heavy atom. The Kier molecular flexibility index (Phi) is 8.13. The predicted octanol–water partition coefficient (Wildman–Crippen LogP) is 15.7. The molecule has 286 valence electrons. The summed E-state index contributed by atoms with van der Waals surface area (Å²) in [6, 6.07) is 80.1. The molecule has 0 amide bonds. The number of hydrogen-bond acceptors (Lipinski definition) is 3. The molecule has 12 rings (SSSR count). The molecule has 0 bridgehead atoms. The maximum Gasteiger partial charge on any atom is 0.227 e. The molecule has 2 heterocycles. The maximum absolute atomic E-state index is 6.43. The van der Waals surface area contributed by atoms with E-state index in [1.165, 1.54) is 38.2 Å². The number of oxazole rings is 1. The van der Waals surface area contributed by atoms with E-state index in [1.807, 2.05) is 30.3 Å². The van der Waals surface area contributed by atoms with Gasteiger partial charge in [0.2, 0.25) is 5.89 Å². The molecule has 0 spiro atoms. The molecule has 0 aliphatic carbocycles.